The minimum Gasteiger partial charge on any atom is -0.276 e. The van der Waals surface area contributed by atoms with Crippen LogP contribution in [-0.2, 0) is 12.3 Å². The van der Waals surface area contributed by atoms with Crippen molar-refractivity contribution in [2.45, 2.75) is 50.6 Å². The Morgan fingerprint density at radius 3 is 2.61 bits per heavy atom. The van der Waals surface area contributed by atoms with Gasteiger partial charge >= 0.3 is 0 Å². The molecule has 0 N–H and O–H groups in total. The van der Waals surface area contributed by atoms with E-state index >= 15 is 0 Å². The molecular weight excluding hydrogens is 368 g/mol. The van der Waals surface area contributed by atoms with E-state index < -0.39 is 0 Å². The van der Waals surface area contributed by atoms with Gasteiger partial charge in [0.15, 0.2) is 5.16 Å². The summed E-state index contributed by atoms with van der Waals surface area (Å²) >= 11 is 1.66. The molecule has 2 heterocycles. The summed E-state index contributed by atoms with van der Waals surface area (Å²) in [6, 6.07) is 16.1. The third kappa shape index (κ3) is 3.44. The van der Waals surface area contributed by atoms with Gasteiger partial charge in [0.1, 0.15) is 0 Å². The molecule has 0 saturated carbocycles. The molecule has 0 aliphatic carbocycles. The van der Waals surface area contributed by atoms with Crippen LogP contribution in [-0.4, -0.2) is 19.2 Å². The molecule has 0 atom stereocenters. The number of unbranched alkanes of at least 4 members (excludes halogenated alkanes) is 2. The van der Waals surface area contributed by atoms with E-state index in [-0.39, 0.29) is 5.56 Å². The Labute approximate surface area is 168 Å². The number of aromatic nitrogens is 4. The molecule has 0 bridgehead atoms. The molecule has 144 valence electrons. The van der Waals surface area contributed by atoms with E-state index in [4.69, 9.17) is 0 Å². The Balaban J connectivity index is 1.80. The number of fused-ring (bicyclic) bond motifs is 3. The first-order valence-electron chi connectivity index (χ1n) is 9.74. The Morgan fingerprint density at radius 1 is 1.00 bits per heavy atom. The number of benzene rings is 2. The summed E-state index contributed by atoms with van der Waals surface area (Å²) in [5, 5.41) is 10.4. The minimum absolute atomic E-state index is 0.0158. The van der Waals surface area contributed by atoms with Crippen LogP contribution >= 0.6 is 11.8 Å². The molecule has 0 amide bonds. The fourth-order valence-electron chi connectivity index (χ4n) is 3.46. The standard InChI is InChI=1S/C22H24N4OS/c1-3-4-9-14-25-20(27)18-12-7-8-13-19(18)26-21(25)23-24-22(26)28-15-17-11-6-5-10-16(17)2/h5-8,10-13H,3-4,9,14-15H2,1-2H3. The fraction of sp³-hybridized carbons (Fsp3) is 0.318. The van der Waals surface area contributed by atoms with Gasteiger partial charge in [-0.25, -0.2) is 0 Å². The van der Waals surface area contributed by atoms with Crippen LogP contribution in [0.1, 0.15) is 37.3 Å². The minimum atomic E-state index is 0.0158. The van der Waals surface area contributed by atoms with Crippen molar-refractivity contribution in [3.63, 3.8) is 0 Å². The number of rotatable bonds is 7. The Kier molecular flexibility index (Phi) is 5.48. The monoisotopic (exact) mass is 392 g/mol. The first-order valence-corrected chi connectivity index (χ1v) is 10.7. The molecule has 2 aromatic carbocycles. The molecule has 4 rings (SSSR count). The Bertz CT molecular complexity index is 1180. The van der Waals surface area contributed by atoms with Crippen LogP contribution in [0.2, 0.25) is 0 Å². The zero-order chi connectivity index (χ0) is 19.5. The molecule has 0 aliphatic heterocycles. The number of thioether (sulfide) groups is 1. The Morgan fingerprint density at radius 2 is 1.79 bits per heavy atom. The second-order valence-corrected chi connectivity index (χ2v) is 7.96. The fourth-order valence-corrected chi connectivity index (χ4v) is 4.48. The average molecular weight is 393 g/mol. The predicted molar refractivity (Wildman–Crippen MR) is 115 cm³/mol. The van der Waals surface area contributed by atoms with Gasteiger partial charge in [0.2, 0.25) is 5.78 Å². The predicted octanol–water partition coefficient (Wildman–Crippen LogP) is 4.84. The maximum Gasteiger partial charge on any atom is 0.262 e. The topological polar surface area (TPSA) is 52.2 Å². The van der Waals surface area contributed by atoms with Gasteiger partial charge < -0.3 is 0 Å². The largest absolute Gasteiger partial charge is 0.276 e. The highest BCUT2D eigenvalue weighted by Gasteiger charge is 2.16. The zero-order valence-electron chi connectivity index (χ0n) is 16.3. The maximum absolute atomic E-state index is 13.0. The molecule has 0 saturated heterocycles. The summed E-state index contributed by atoms with van der Waals surface area (Å²) < 4.78 is 3.81. The summed E-state index contributed by atoms with van der Waals surface area (Å²) in [5.41, 5.74) is 3.43. The van der Waals surface area contributed by atoms with Crippen molar-refractivity contribution >= 4 is 28.4 Å². The molecule has 2 aromatic heterocycles. The van der Waals surface area contributed by atoms with E-state index in [0.29, 0.717) is 17.7 Å². The molecule has 0 fully saturated rings. The summed E-state index contributed by atoms with van der Waals surface area (Å²) in [6.07, 6.45) is 3.17. The molecule has 0 spiro atoms. The van der Waals surface area contributed by atoms with Crippen molar-refractivity contribution < 1.29 is 0 Å². The molecule has 4 aromatic rings. The van der Waals surface area contributed by atoms with Gasteiger partial charge in [-0.3, -0.25) is 13.8 Å². The third-order valence-corrected chi connectivity index (χ3v) is 6.06. The normalized spacial score (nSPS) is 11.5. The zero-order valence-corrected chi connectivity index (χ0v) is 17.1. The Hall–Kier alpha value is -2.60. The van der Waals surface area contributed by atoms with Crippen molar-refractivity contribution in [1.29, 1.82) is 0 Å². The molecular formula is C22H24N4OS. The summed E-state index contributed by atoms with van der Waals surface area (Å²) in [5.74, 6) is 1.45. The molecule has 28 heavy (non-hydrogen) atoms. The van der Waals surface area contributed by atoms with E-state index in [1.807, 2.05) is 28.7 Å². The van der Waals surface area contributed by atoms with Gasteiger partial charge in [-0.15, -0.1) is 10.2 Å². The van der Waals surface area contributed by atoms with Crippen molar-refractivity contribution in [1.82, 2.24) is 19.2 Å². The number of aryl methyl sites for hydroxylation is 2. The second kappa shape index (κ2) is 8.19. The molecule has 0 aliphatic rings. The smallest absolute Gasteiger partial charge is 0.262 e. The number of para-hydroxylation sites is 1. The lowest BCUT2D eigenvalue weighted by Gasteiger charge is -2.11. The van der Waals surface area contributed by atoms with Crippen LogP contribution in [0.5, 0.6) is 0 Å². The van der Waals surface area contributed by atoms with Crippen LogP contribution < -0.4 is 5.56 Å². The van der Waals surface area contributed by atoms with E-state index in [1.54, 1.807) is 16.3 Å². The lowest BCUT2D eigenvalue weighted by Crippen LogP contribution is -2.23. The van der Waals surface area contributed by atoms with Crippen molar-refractivity contribution in [3.8, 4) is 0 Å². The first kappa shape index (κ1) is 18.7. The van der Waals surface area contributed by atoms with Gasteiger partial charge in [0.25, 0.3) is 5.56 Å². The van der Waals surface area contributed by atoms with Crippen molar-refractivity contribution in [2.75, 3.05) is 0 Å². The van der Waals surface area contributed by atoms with Crippen LogP contribution in [0.3, 0.4) is 0 Å². The van der Waals surface area contributed by atoms with E-state index in [9.17, 15) is 4.79 Å². The summed E-state index contributed by atoms with van der Waals surface area (Å²) in [4.78, 5) is 13.0. The van der Waals surface area contributed by atoms with Gasteiger partial charge in [-0.2, -0.15) is 0 Å². The van der Waals surface area contributed by atoms with Gasteiger partial charge in [-0.1, -0.05) is 67.9 Å². The van der Waals surface area contributed by atoms with Crippen molar-refractivity contribution in [2.24, 2.45) is 0 Å². The van der Waals surface area contributed by atoms with Gasteiger partial charge in [0.05, 0.1) is 10.9 Å². The van der Waals surface area contributed by atoms with E-state index in [1.165, 1.54) is 11.1 Å². The molecule has 5 nitrogen and oxygen atoms in total. The first-order chi connectivity index (χ1) is 13.7. The van der Waals surface area contributed by atoms with E-state index in [2.05, 4.69) is 48.3 Å². The van der Waals surface area contributed by atoms with Crippen LogP contribution in [0.25, 0.3) is 16.7 Å². The molecule has 6 heteroatoms. The van der Waals surface area contributed by atoms with Crippen LogP contribution in [0.15, 0.2) is 58.5 Å². The number of hydrogen-bond acceptors (Lipinski definition) is 4. The highest BCUT2D eigenvalue weighted by molar-refractivity contribution is 7.98. The van der Waals surface area contributed by atoms with Gasteiger partial charge in [0, 0.05) is 12.3 Å². The maximum atomic E-state index is 13.0. The van der Waals surface area contributed by atoms with Crippen molar-refractivity contribution in [3.05, 3.63) is 70.0 Å². The summed E-state index contributed by atoms with van der Waals surface area (Å²) in [7, 11) is 0. The molecule has 0 radical (unpaired) electrons. The number of hydrogen-bond donors (Lipinski definition) is 0. The molecule has 0 unspecified atom stereocenters. The van der Waals surface area contributed by atoms with Crippen LogP contribution in [0, 0.1) is 6.92 Å². The lowest BCUT2D eigenvalue weighted by atomic mass is 10.1. The van der Waals surface area contributed by atoms with Gasteiger partial charge in [-0.05, 0) is 36.6 Å². The number of nitrogens with zero attached hydrogens (tertiary/aromatic N) is 4. The third-order valence-electron chi connectivity index (χ3n) is 5.08. The summed E-state index contributed by atoms with van der Waals surface area (Å²) in [6.45, 7) is 4.95. The quantitative estimate of drug-likeness (QED) is 0.334. The highest BCUT2D eigenvalue weighted by Crippen LogP contribution is 2.25. The van der Waals surface area contributed by atoms with Crippen LogP contribution in [0.4, 0.5) is 0 Å². The second-order valence-electron chi connectivity index (χ2n) is 7.01. The van der Waals surface area contributed by atoms with E-state index in [0.717, 1.165) is 35.7 Å². The lowest BCUT2D eigenvalue weighted by molar-refractivity contribution is 0.594. The SMILES string of the molecule is CCCCCn1c(=O)c2ccccc2n2c(SCc3ccccc3C)nnc12. The average Bonchev–Trinajstić information content (AvgIpc) is 3.14. The highest BCUT2D eigenvalue weighted by atomic mass is 32.2.